The molecule has 0 spiro atoms. The first-order valence-electron chi connectivity index (χ1n) is 5.59. The number of hydrogen-bond acceptors (Lipinski definition) is 1. The third-order valence-corrected chi connectivity index (χ3v) is 2.33. The van der Waals surface area contributed by atoms with Gasteiger partial charge < -0.3 is 0 Å². The summed E-state index contributed by atoms with van der Waals surface area (Å²) in [5.41, 5.74) is 2.02. The smallest absolute Gasteiger partial charge is 0.0702 e. The van der Waals surface area contributed by atoms with Crippen LogP contribution in [0.5, 0.6) is 0 Å². The fourth-order valence-electron chi connectivity index (χ4n) is 1.50. The molecule has 0 N–H and O–H groups in total. The van der Waals surface area contributed by atoms with E-state index in [1.165, 1.54) is 0 Å². The zero-order valence-electron chi connectivity index (χ0n) is 9.70. The molecule has 0 fully saturated rings. The molecule has 0 aliphatic rings. The molecule has 0 saturated heterocycles. The zero-order chi connectivity index (χ0) is 11.4. The van der Waals surface area contributed by atoms with Crippen LogP contribution in [0.15, 0.2) is 36.5 Å². The maximum absolute atomic E-state index is 4.38. The number of fused-ring (bicyclic) bond motifs is 1. The average molecular weight is 209 g/mol. The molecule has 0 aliphatic carbocycles. The Hall–Kier alpha value is -1.81. The SMILES string of the molecule is CC(C)CC#Cc1cnc2ccccc2c1. The molecular formula is C15H15N. The third-order valence-electron chi connectivity index (χ3n) is 2.33. The van der Waals surface area contributed by atoms with Crippen molar-refractivity contribution in [2.24, 2.45) is 5.92 Å². The van der Waals surface area contributed by atoms with Crippen molar-refractivity contribution < 1.29 is 0 Å². The van der Waals surface area contributed by atoms with Crippen LogP contribution in [0, 0.1) is 17.8 Å². The van der Waals surface area contributed by atoms with Gasteiger partial charge in [0, 0.05) is 23.6 Å². The van der Waals surface area contributed by atoms with Crippen molar-refractivity contribution >= 4 is 10.9 Å². The van der Waals surface area contributed by atoms with Crippen LogP contribution >= 0.6 is 0 Å². The molecule has 16 heavy (non-hydrogen) atoms. The Balaban J connectivity index is 2.28. The van der Waals surface area contributed by atoms with E-state index in [0.29, 0.717) is 5.92 Å². The van der Waals surface area contributed by atoms with Crippen LogP contribution in [-0.2, 0) is 0 Å². The first-order chi connectivity index (χ1) is 7.75. The minimum Gasteiger partial charge on any atom is -0.255 e. The van der Waals surface area contributed by atoms with Crippen LogP contribution < -0.4 is 0 Å². The number of para-hydroxylation sites is 1. The quantitative estimate of drug-likeness (QED) is 0.653. The number of hydrogen-bond donors (Lipinski definition) is 0. The summed E-state index contributed by atoms with van der Waals surface area (Å²) in [5.74, 6) is 6.96. The van der Waals surface area contributed by atoms with Gasteiger partial charge in [0.2, 0.25) is 0 Å². The summed E-state index contributed by atoms with van der Waals surface area (Å²) in [7, 11) is 0. The van der Waals surface area contributed by atoms with Gasteiger partial charge in [-0.3, -0.25) is 4.98 Å². The third kappa shape index (κ3) is 2.61. The van der Waals surface area contributed by atoms with Crippen molar-refractivity contribution in [2.75, 3.05) is 0 Å². The van der Waals surface area contributed by atoms with E-state index in [2.05, 4.69) is 42.8 Å². The van der Waals surface area contributed by atoms with Crippen molar-refractivity contribution in [3.63, 3.8) is 0 Å². The standard InChI is InChI=1S/C15H15N/c1-12(2)6-5-7-13-10-14-8-3-4-9-15(14)16-11-13/h3-4,8-12H,6H2,1-2H3. The van der Waals surface area contributed by atoms with Gasteiger partial charge in [0.25, 0.3) is 0 Å². The maximum atomic E-state index is 4.38. The summed E-state index contributed by atoms with van der Waals surface area (Å²) in [4.78, 5) is 4.38. The van der Waals surface area contributed by atoms with E-state index in [-0.39, 0.29) is 0 Å². The molecule has 0 radical (unpaired) electrons. The number of benzene rings is 1. The van der Waals surface area contributed by atoms with Gasteiger partial charge in [-0.15, -0.1) is 0 Å². The molecule has 1 aromatic heterocycles. The van der Waals surface area contributed by atoms with E-state index in [4.69, 9.17) is 0 Å². The van der Waals surface area contributed by atoms with Gasteiger partial charge in [-0.1, -0.05) is 43.9 Å². The van der Waals surface area contributed by atoms with Crippen LogP contribution in [0.1, 0.15) is 25.8 Å². The van der Waals surface area contributed by atoms with Crippen molar-refractivity contribution in [1.82, 2.24) is 4.98 Å². The normalized spacial score (nSPS) is 10.2. The predicted octanol–water partition coefficient (Wildman–Crippen LogP) is 3.63. The van der Waals surface area contributed by atoms with Crippen molar-refractivity contribution in [2.45, 2.75) is 20.3 Å². The lowest BCUT2D eigenvalue weighted by Crippen LogP contribution is -1.84. The summed E-state index contributed by atoms with van der Waals surface area (Å²) in [5, 5.41) is 1.15. The van der Waals surface area contributed by atoms with Crippen LogP contribution in [0.3, 0.4) is 0 Å². The monoisotopic (exact) mass is 209 g/mol. The summed E-state index contributed by atoms with van der Waals surface area (Å²) < 4.78 is 0. The predicted molar refractivity (Wildman–Crippen MR) is 68.1 cm³/mol. The van der Waals surface area contributed by atoms with Gasteiger partial charge in [-0.25, -0.2) is 0 Å². The minimum absolute atomic E-state index is 0.626. The first kappa shape index (κ1) is 10.7. The summed E-state index contributed by atoms with van der Waals surface area (Å²) in [6, 6.07) is 10.2. The van der Waals surface area contributed by atoms with Crippen molar-refractivity contribution in [3.8, 4) is 11.8 Å². The average Bonchev–Trinajstić information content (AvgIpc) is 2.28. The van der Waals surface area contributed by atoms with E-state index < -0.39 is 0 Å². The van der Waals surface area contributed by atoms with E-state index in [9.17, 15) is 0 Å². The van der Waals surface area contributed by atoms with Crippen molar-refractivity contribution in [3.05, 3.63) is 42.1 Å². The number of rotatable bonds is 1. The topological polar surface area (TPSA) is 12.9 Å². The molecule has 1 heterocycles. The van der Waals surface area contributed by atoms with Gasteiger partial charge in [-0.05, 0) is 18.1 Å². The molecule has 0 atom stereocenters. The lowest BCUT2D eigenvalue weighted by molar-refractivity contribution is 0.676. The fourth-order valence-corrected chi connectivity index (χ4v) is 1.50. The second-order valence-electron chi connectivity index (χ2n) is 4.32. The summed E-state index contributed by atoms with van der Waals surface area (Å²) in [6.07, 6.45) is 2.78. The van der Waals surface area contributed by atoms with Crippen LogP contribution in [0.2, 0.25) is 0 Å². The van der Waals surface area contributed by atoms with Gasteiger partial charge in [0.1, 0.15) is 0 Å². The highest BCUT2D eigenvalue weighted by molar-refractivity contribution is 5.79. The Morgan fingerprint density at radius 3 is 2.88 bits per heavy atom. The number of pyridine rings is 1. The molecule has 0 bridgehead atoms. The zero-order valence-corrected chi connectivity index (χ0v) is 9.70. The first-order valence-corrected chi connectivity index (χ1v) is 5.59. The van der Waals surface area contributed by atoms with Gasteiger partial charge in [0.15, 0.2) is 0 Å². The highest BCUT2D eigenvalue weighted by Gasteiger charge is 1.94. The molecule has 0 saturated carbocycles. The van der Waals surface area contributed by atoms with Gasteiger partial charge in [0.05, 0.1) is 5.52 Å². The van der Waals surface area contributed by atoms with Crippen LogP contribution in [-0.4, -0.2) is 4.98 Å². The van der Waals surface area contributed by atoms with E-state index >= 15 is 0 Å². The van der Waals surface area contributed by atoms with Gasteiger partial charge in [-0.2, -0.15) is 0 Å². The second kappa shape index (κ2) is 4.81. The molecule has 0 unspecified atom stereocenters. The lowest BCUT2D eigenvalue weighted by atomic mass is 10.1. The molecule has 2 rings (SSSR count). The molecule has 2 aromatic rings. The molecule has 1 heteroatoms. The number of aromatic nitrogens is 1. The highest BCUT2D eigenvalue weighted by atomic mass is 14.6. The van der Waals surface area contributed by atoms with Crippen molar-refractivity contribution in [1.29, 1.82) is 0 Å². The number of nitrogens with zero attached hydrogens (tertiary/aromatic N) is 1. The summed E-state index contributed by atoms with van der Waals surface area (Å²) >= 11 is 0. The Bertz CT molecular complexity index is 544. The second-order valence-corrected chi connectivity index (χ2v) is 4.32. The Kier molecular flexibility index (Phi) is 3.22. The Morgan fingerprint density at radius 1 is 1.25 bits per heavy atom. The fraction of sp³-hybridized carbons (Fsp3) is 0.267. The maximum Gasteiger partial charge on any atom is 0.0702 e. The molecule has 1 nitrogen and oxygen atoms in total. The van der Waals surface area contributed by atoms with Gasteiger partial charge >= 0.3 is 0 Å². The van der Waals surface area contributed by atoms with E-state index in [1.807, 2.05) is 24.4 Å². The summed E-state index contributed by atoms with van der Waals surface area (Å²) in [6.45, 7) is 4.35. The molecule has 1 aromatic carbocycles. The molecular weight excluding hydrogens is 194 g/mol. The molecule has 0 amide bonds. The molecule has 80 valence electrons. The van der Waals surface area contributed by atoms with Crippen LogP contribution in [0.4, 0.5) is 0 Å². The largest absolute Gasteiger partial charge is 0.255 e. The Labute approximate surface area is 96.5 Å². The van der Waals surface area contributed by atoms with Crippen LogP contribution in [0.25, 0.3) is 10.9 Å². The minimum atomic E-state index is 0.626. The lowest BCUT2D eigenvalue weighted by Gasteiger charge is -1.97. The van der Waals surface area contributed by atoms with E-state index in [0.717, 1.165) is 22.9 Å². The van der Waals surface area contributed by atoms with E-state index in [1.54, 1.807) is 0 Å². The Morgan fingerprint density at radius 2 is 2.06 bits per heavy atom. The molecule has 0 aliphatic heterocycles. The highest BCUT2D eigenvalue weighted by Crippen LogP contribution is 2.11.